The van der Waals surface area contributed by atoms with Crippen LogP contribution < -0.4 is 14.8 Å². The molecule has 0 spiro atoms. The van der Waals surface area contributed by atoms with E-state index in [4.69, 9.17) is 9.47 Å². The van der Waals surface area contributed by atoms with Crippen molar-refractivity contribution < 1.29 is 14.3 Å². The number of benzene rings is 3. The number of ether oxygens (including phenoxy) is 2. The summed E-state index contributed by atoms with van der Waals surface area (Å²) in [5.41, 5.74) is 4.90. The molecular weight excluding hydrogens is 426 g/mol. The maximum atomic E-state index is 12.8. The number of hydrogen-bond acceptors (Lipinski definition) is 4. The number of carbonyl (C=O) groups is 1. The first-order valence-corrected chi connectivity index (χ1v) is 11.6. The van der Waals surface area contributed by atoms with Gasteiger partial charge in [0.05, 0.1) is 0 Å². The Bertz CT molecular complexity index is 1330. The first-order valence-electron chi connectivity index (χ1n) is 11.6. The van der Waals surface area contributed by atoms with Gasteiger partial charge in [-0.15, -0.1) is 0 Å². The van der Waals surface area contributed by atoms with Crippen molar-refractivity contribution in [1.82, 2.24) is 9.47 Å². The van der Waals surface area contributed by atoms with Gasteiger partial charge in [0.2, 0.25) is 6.79 Å². The van der Waals surface area contributed by atoms with E-state index >= 15 is 0 Å². The van der Waals surface area contributed by atoms with Crippen molar-refractivity contribution in [2.75, 3.05) is 32.7 Å². The third kappa shape index (κ3) is 4.92. The number of nitrogens with one attached hydrogen (secondary N) is 1. The molecule has 0 saturated heterocycles. The molecule has 0 radical (unpaired) electrons. The Kier molecular flexibility index (Phi) is 6.23. The van der Waals surface area contributed by atoms with Crippen molar-refractivity contribution in [3.8, 4) is 11.5 Å². The summed E-state index contributed by atoms with van der Waals surface area (Å²) in [6, 6.07) is 22.0. The van der Waals surface area contributed by atoms with E-state index in [0.29, 0.717) is 22.7 Å². The maximum Gasteiger partial charge on any atom is 0.255 e. The lowest BCUT2D eigenvalue weighted by atomic mass is 10.0. The van der Waals surface area contributed by atoms with Crippen LogP contribution in [0.1, 0.15) is 27.9 Å². The van der Waals surface area contributed by atoms with E-state index in [0.717, 1.165) is 31.5 Å². The highest BCUT2D eigenvalue weighted by Gasteiger charge is 2.15. The molecule has 1 aliphatic heterocycles. The summed E-state index contributed by atoms with van der Waals surface area (Å²) in [4.78, 5) is 15.1. The average Bonchev–Trinajstić information content (AvgIpc) is 3.45. The minimum Gasteiger partial charge on any atom is -0.454 e. The maximum absolute atomic E-state index is 12.8. The van der Waals surface area contributed by atoms with Crippen molar-refractivity contribution in [1.29, 1.82) is 0 Å². The number of aromatic nitrogens is 1. The molecule has 6 nitrogen and oxygen atoms in total. The first-order chi connectivity index (χ1) is 16.5. The molecule has 0 aliphatic carbocycles. The number of nitrogens with zero attached hydrogens (tertiary/aromatic N) is 2. The summed E-state index contributed by atoms with van der Waals surface area (Å²) in [5, 5.41) is 4.20. The second kappa shape index (κ2) is 9.61. The van der Waals surface area contributed by atoms with Crippen molar-refractivity contribution in [3.63, 3.8) is 0 Å². The number of aryl methyl sites for hydroxylation is 1. The van der Waals surface area contributed by atoms with Crippen LogP contribution in [0.15, 0.2) is 72.9 Å². The molecule has 1 N–H and O–H groups in total. The van der Waals surface area contributed by atoms with E-state index in [1.54, 1.807) is 12.1 Å². The minimum atomic E-state index is -0.147. The number of rotatable bonds is 8. The fourth-order valence-electron chi connectivity index (χ4n) is 4.35. The SMILES string of the molecule is CN(C)CCCn1ccc2cc(Cc3cccc(C(=O)Nc4ccc5c(c4)OCO5)c3)ccc21. The van der Waals surface area contributed by atoms with Gasteiger partial charge >= 0.3 is 0 Å². The monoisotopic (exact) mass is 455 g/mol. The Morgan fingerprint density at radius 2 is 1.82 bits per heavy atom. The highest BCUT2D eigenvalue weighted by molar-refractivity contribution is 6.04. The third-order valence-electron chi connectivity index (χ3n) is 6.07. The van der Waals surface area contributed by atoms with Crippen molar-refractivity contribution in [3.05, 3.63) is 89.6 Å². The lowest BCUT2D eigenvalue weighted by molar-refractivity contribution is 0.102. The smallest absolute Gasteiger partial charge is 0.255 e. The Morgan fingerprint density at radius 1 is 0.971 bits per heavy atom. The lowest BCUT2D eigenvalue weighted by Crippen LogP contribution is -2.14. The summed E-state index contributed by atoms with van der Waals surface area (Å²) >= 11 is 0. The molecule has 2 heterocycles. The van der Waals surface area contributed by atoms with Crippen molar-refractivity contribution in [2.45, 2.75) is 19.4 Å². The Hall–Kier alpha value is -3.77. The summed E-state index contributed by atoms with van der Waals surface area (Å²) in [7, 11) is 4.21. The molecule has 1 aliphatic rings. The van der Waals surface area contributed by atoms with Gasteiger partial charge in [-0.25, -0.2) is 0 Å². The molecule has 0 fully saturated rings. The highest BCUT2D eigenvalue weighted by atomic mass is 16.7. The predicted molar refractivity (Wildman–Crippen MR) is 135 cm³/mol. The number of amides is 1. The van der Waals surface area contributed by atoms with Crippen LogP contribution >= 0.6 is 0 Å². The van der Waals surface area contributed by atoms with Crippen molar-refractivity contribution in [2.24, 2.45) is 0 Å². The molecule has 0 atom stereocenters. The predicted octanol–water partition coefficient (Wildman–Crippen LogP) is 5.16. The molecule has 6 heteroatoms. The van der Waals surface area contributed by atoms with Gasteiger partial charge in [-0.3, -0.25) is 4.79 Å². The first kappa shape index (κ1) is 22.0. The number of fused-ring (bicyclic) bond motifs is 2. The molecule has 34 heavy (non-hydrogen) atoms. The molecule has 3 aromatic carbocycles. The Labute approximate surface area is 199 Å². The Balaban J connectivity index is 1.26. The standard InChI is InChI=1S/C28H29N3O3/c1-30(2)12-4-13-31-14-11-22-16-21(7-9-25(22)31)15-20-5-3-6-23(17-20)28(32)29-24-8-10-26-27(18-24)34-19-33-26/h3,5-11,14,16-18H,4,12-13,15,19H2,1-2H3,(H,29,32). The quantitative estimate of drug-likeness (QED) is 0.399. The van der Waals surface area contributed by atoms with E-state index in [9.17, 15) is 4.79 Å². The van der Waals surface area contributed by atoms with E-state index in [2.05, 4.69) is 65.4 Å². The second-order valence-electron chi connectivity index (χ2n) is 8.96. The van der Waals surface area contributed by atoms with Gasteiger partial charge in [0, 0.05) is 35.6 Å². The molecule has 1 amide bonds. The van der Waals surface area contributed by atoms with Crippen LogP contribution in [0.4, 0.5) is 5.69 Å². The summed E-state index contributed by atoms with van der Waals surface area (Å²) in [6.45, 7) is 2.31. The van der Waals surface area contributed by atoms with Gasteiger partial charge in [-0.1, -0.05) is 18.2 Å². The fourth-order valence-corrected chi connectivity index (χ4v) is 4.35. The zero-order valence-electron chi connectivity index (χ0n) is 19.6. The minimum absolute atomic E-state index is 0.147. The zero-order chi connectivity index (χ0) is 23.5. The van der Waals surface area contributed by atoms with Gasteiger partial charge in [0.15, 0.2) is 11.5 Å². The molecule has 1 aromatic heterocycles. The molecule has 0 saturated carbocycles. The van der Waals surface area contributed by atoms with Crippen LogP contribution in [0.5, 0.6) is 11.5 Å². The van der Waals surface area contributed by atoms with E-state index in [1.807, 2.05) is 24.3 Å². The van der Waals surface area contributed by atoms with Gasteiger partial charge in [-0.2, -0.15) is 0 Å². The molecule has 0 bridgehead atoms. The largest absolute Gasteiger partial charge is 0.454 e. The number of hydrogen-bond donors (Lipinski definition) is 1. The van der Waals surface area contributed by atoms with Crippen LogP contribution in [0.2, 0.25) is 0 Å². The van der Waals surface area contributed by atoms with Gasteiger partial charge < -0.3 is 24.3 Å². The number of anilines is 1. The van der Waals surface area contributed by atoms with Gasteiger partial charge in [0.1, 0.15) is 0 Å². The normalized spacial score (nSPS) is 12.4. The van der Waals surface area contributed by atoms with E-state index in [1.165, 1.54) is 16.5 Å². The molecular formula is C28H29N3O3. The van der Waals surface area contributed by atoms with Gasteiger partial charge in [0.25, 0.3) is 5.91 Å². The van der Waals surface area contributed by atoms with Crippen LogP contribution in [0.3, 0.4) is 0 Å². The highest BCUT2D eigenvalue weighted by Crippen LogP contribution is 2.34. The Morgan fingerprint density at radius 3 is 2.71 bits per heavy atom. The van der Waals surface area contributed by atoms with Gasteiger partial charge in [-0.05, 0) is 92.5 Å². The lowest BCUT2D eigenvalue weighted by Gasteiger charge is -2.11. The van der Waals surface area contributed by atoms with Crippen LogP contribution in [-0.4, -0.2) is 42.8 Å². The van der Waals surface area contributed by atoms with Crippen LogP contribution in [0, 0.1) is 0 Å². The zero-order valence-corrected chi connectivity index (χ0v) is 19.6. The average molecular weight is 456 g/mol. The molecule has 0 unspecified atom stereocenters. The van der Waals surface area contributed by atoms with Crippen LogP contribution in [-0.2, 0) is 13.0 Å². The molecule has 4 aromatic rings. The summed E-state index contributed by atoms with van der Waals surface area (Å²) in [5.74, 6) is 1.19. The summed E-state index contributed by atoms with van der Waals surface area (Å²) < 4.78 is 13.0. The van der Waals surface area contributed by atoms with E-state index in [-0.39, 0.29) is 12.7 Å². The third-order valence-corrected chi connectivity index (χ3v) is 6.07. The second-order valence-corrected chi connectivity index (χ2v) is 8.96. The number of carbonyl (C=O) groups excluding carboxylic acids is 1. The fraction of sp³-hybridized carbons (Fsp3) is 0.250. The topological polar surface area (TPSA) is 55.7 Å². The van der Waals surface area contributed by atoms with E-state index < -0.39 is 0 Å². The van der Waals surface area contributed by atoms with Crippen LogP contribution in [0.25, 0.3) is 10.9 Å². The molecule has 5 rings (SSSR count). The van der Waals surface area contributed by atoms with Crippen molar-refractivity contribution >= 4 is 22.5 Å². The molecule has 174 valence electrons. The summed E-state index contributed by atoms with van der Waals surface area (Å²) in [6.07, 6.45) is 4.07.